The molecule has 7 heteroatoms. The molecule has 2 aromatic carbocycles. The minimum absolute atomic E-state index is 0.586. The monoisotopic (exact) mass is 413 g/mol. The molecule has 2 aromatic heterocycles. The third-order valence-electron chi connectivity index (χ3n) is 5.51. The first-order valence-electron chi connectivity index (χ1n) is 10.8. The van der Waals surface area contributed by atoms with Crippen molar-refractivity contribution in [3.8, 4) is 11.3 Å². The molecule has 1 aliphatic heterocycles. The Hall–Kier alpha value is -3.42. The average Bonchev–Trinajstić information content (AvgIpc) is 3.47. The topological polar surface area (TPSA) is 80.9 Å². The van der Waals surface area contributed by atoms with E-state index < -0.39 is 0 Å². The van der Waals surface area contributed by atoms with Gasteiger partial charge in [0, 0.05) is 66.9 Å². The Bertz CT molecular complexity index is 1110. The second-order valence-corrected chi connectivity index (χ2v) is 7.80. The van der Waals surface area contributed by atoms with Gasteiger partial charge in [-0.05, 0) is 36.8 Å². The number of nitrogens with zero attached hydrogens (tertiary/aromatic N) is 3. The van der Waals surface area contributed by atoms with E-state index in [-0.39, 0.29) is 0 Å². The number of fused-ring (bicyclic) bond motifs is 1. The molecule has 31 heavy (non-hydrogen) atoms. The van der Waals surface area contributed by atoms with E-state index >= 15 is 0 Å². The maximum absolute atomic E-state index is 4.61. The number of hydrogen-bond acceptors (Lipinski definition) is 6. The standard InChI is InChI=1S/C24H27N7/c1-2-8-21-19(5-1)16-22(29-21)18-6-3-7-20(15-18)28-24-27-11-9-23(30-24)26-10-4-13-31-14-12-25-17-31/h1-3,5-9,11,15-16,25,29H,4,10,12-14,17H2,(H2,26,27,28,30). The van der Waals surface area contributed by atoms with E-state index in [2.05, 4.69) is 72.2 Å². The minimum atomic E-state index is 0.586. The highest BCUT2D eigenvalue weighted by atomic mass is 15.3. The van der Waals surface area contributed by atoms with E-state index in [0.717, 1.165) is 67.5 Å². The summed E-state index contributed by atoms with van der Waals surface area (Å²) in [5.74, 6) is 1.42. The summed E-state index contributed by atoms with van der Waals surface area (Å²) in [6.45, 7) is 5.22. The second kappa shape index (κ2) is 9.16. The van der Waals surface area contributed by atoms with Crippen LogP contribution in [0.3, 0.4) is 0 Å². The first kappa shape index (κ1) is 19.5. The lowest BCUT2D eigenvalue weighted by Gasteiger charge is -2.14. The Morgan fingerprint density at radius 2 is 2.00 bits per heavy atom. The Kier molecular flexibility index (Phi) is 5.77. The Morgan fingerprint density at radius 3 is 2.90 bits per heavy atom. The van der Waals surface area contributed by atoms with Crippen LogP contribution in [0.1, 0.15) is 6.42 Å². The lowest BCUT2D eigenvalue weighted by Crippen LogP contribution is -2.24. The molecular weight excluding hydrogens is 386 g/mol. The normalized spacial score (nSPS) is 14.2. The van der Waals surface area contributed by atoms with Crippen LogP contribution >= 0.6 is 0 Å². The van der Waals surface area contributed by atoms with Gasteiger partial charge in [-0.15, -0.1) is 0 Å². The number of para-hydroxylation sites is 1. The van der Waals surface area contributed by atoms with Crippen LogP contribution in [0.25, 0.3) is 22.2 Å². The molecule has 3 heterocycles. The number of rotatable bonds is 8. The fourth-order valence-corrected chi connectivity index (χ4v) is 3.90. The van der Waals surface area contributed by atoms with E-state index in [9.17, 15) is 0 Å². The highest BCUT2D eigenvalue weighted by molar-refractivity contribution is 5.86. The minimum Gasteiger partial charge on any atom is -0.370 e. The number of H-pyrrole nitrogens is 1. The number of hydrogen-bond donors (Lipinski definition) is 4. The fraction of sp³-hybridized carbons (Fsp3) is 0.250. The van der Waals surface area contributed by atoms with Crippen LogP contribution < -0.4 is 16.0 Å². The SMILES string of the molecule is c1cc(Nc2nccc(NCCCN3CCNC3)n2)cc(-c2cc3ccccc3[nH]2)c1. The summed E-state index contributed by atoms with van der Waals surface area (Å²) in [7, 11) is 0. The van der Waals surface area contributed by atoms with Crippen LogP contribution in [-0.2, 0) is 0 Å². The van der Waals surface area contributed by atoms with Gasteiger partial charge in [-0.1, -0.05) is 30.3 Å². The average molecular weight is 414 g/mol. The summed E-state index contributed by atoms with van der Waals surface area (Å²) in [6, 6.07) is 20.7. The Labute approximate surface area is 181 Å². The molecule has 7 nitrogen and oxygen atoms in total. The van der Waals surface area contributed by atoms with E-state index in [1.807, 2.05) is 24.3 Å². The molecule has 0 saturated carbocycles. The molecule has 158 valence electrons. The summed E-state index contributed by atoms with van der Waals surface area (Å²) in [4.78, 5) is 14.9. The van der Waals surface area contributed by atoms with Crippen LogP contribution in [0.4, 0.5) is 17.5 Å². The van der Waals surface area contributed by atoms with Crippen molar-refractivity contribution in [2.75, 3.05) is 43.5 Å². The first-order valence-corrected chi connectivity index (χ1v) is 10.8. The van der Waals surface area contributed by atoms with Crippen molar-refractivity contribution < 1.29 is 0 Å². The van der Waals surface area contributed by atoms with Crippen LogP contribution in [0.2, 0.25) is 0 Å². The van der Waals surface area contributed by atoms with Crippen molar-refractivity contribution in [1.29, 1.82) is 0 Å². The number of anilines is 3. The first-order chi connectivity index (χ1) is 15.3. The summed E-state index contributed by atoms with van der Waals surface area (Å²) in [6.07, 6.45) is 2.87. The van der Waals surface area contributed by atoms with Gasteiger partial charge in [-0.2, -0.15) is 4.98 Å². The molecule has 0 amide bonds. The maximum Gasteiger partial charge on any atom is 0.229 e. The lowest BCUT2D eigenvalue weighted by molar-refractivity contribution is 0.333. The summed E-state index contributed by atoms with van der Waals surface area (Å²) in [5.41, 5.74) is 4.30. The van der Waals surface area contributed by atoms with Gasteiger partial charge in [0.1, 0.15) is 5.82 Å². The number of nitrogens with one attached hydrogen (secondary N) is 4. The zero-order valence-electron chi connectivity index (χ0n) is 17.4. The van der Waals surface area contributed by atoms with Crippen molar-refractivity contribution in [3.05, 3.63) is 66.9 Å². The van der Waals surface area contributed by atoms with Gasteiger partial charge in [-0.3, -0.25) is 4.90 Å². The van der Waals surface area contributed by atoms with E-state index in [4.69, 9.17) is 0 Å². The summed E-state index contributed by atoms with van der Waals surface area (Å²) in [5, 5.41) is 11.3. The van der Waals surface area contributed by atoms with Crippen LogP contribution in [0, 0.1) is 0 Å². The third kappa shape index (κ3) is 4.84. The van der Waals surface area contributed by atoms with Gasteiger partial charge in [0.25, 0.3) is 0 Å². The molecule has 0 unspecified atom stereocenters. The second-order valence-electron chi connectivity index (χ2n) is 7.80. The van der Waals surface area contributed by atoms with Gasteiger partial charge in [0.15, 0.2) is 0 Å². The smallest absolute Gasteiger partial charge is 0.229 e. The number of benzene rings is 2. The van der Waals surface area contributed by atoms with Crippen LogP contribution in [-0.4, -0.2) is 52.7 Å². The summed E-state index contributed by atoms with van der Waals surface area (Å²) >= 11 is 0. The predicted molar refractivity (Wildman–Crippen MR) is 127 cm³/mol. The quantitative estimate of drug-likeness (QED) is 0.327. The van der Waals surface area contributed by atoms with Crippen molar-refractivity contribution in [2.24, 2.45) is 0 Å². The molecule has 5 rings (SSSR count). The number of aromatic amines is 1. The van der Waals surface area contributed by atoms with E-state index in [1.165, 1.54) is 5.39 Å². The molecule has 0 spiro atoms. The zero-order chi connectivity index (χ0) is 20.9. The van der Waals surface area contributed by atoms with Gasteiger partial charge in [-0.25, -0.2) is 4.98 Å². The van der Waals surface area contributed by atoms with Crippen molar-refractivity contribution >= 4 is 28.4 Å². The van der Waals surface area contributed by atoms with Gasteiger partial charge >= 0.3 is 0 Å². The van der Waals surface area contributed by atoms with Crippen molar-refractivity contribution in [3.63, 3.8) is 0 Å². The molecule has 1 aliphatic rings. The van der Waals surface area contributed by atoms with Gasteiger partial charge in [0.05, 0.1) is 0 Å². The highest BCUT2D eigenvalue weighted by Crippen LogP contribution is 2.26. The molecule has 0 aliphatic carbocycles. The van der Waals surface area contributed by atoms with E-state index in [1.54, 1.807) is 6.20 Å². The molecule has 0 atom stereocenters. The van der Waals surface area contributed by atoms with E-state index in [0.29, 0.717) is 5.95 Å². The maximum atomic E-state index is 4.61. The van der Waals surface area contributed by atoms with Crippen molar-refractivity contribution in [2.45, 2.75) is 6.42 Å². The third-order valence-corrected chi connectivity index (χ3v) is 5.51. The molecule has 1 fully saturated rings. The number of aromatic nitrogens is 3. The molecule has 4 N–H and O–H groups in total. The Morgan fingerprint density at radius 1 is 1.03 bits per heavy atom. The molecule has 4 aromatic rings. The molecular formula is C24H27N7. The lowest BCUT2D eigenvalue weighted by atomic mass is 10.1. The Balaban J connectivity index is 1.22. The largest absolute Gasteiger partial charge is 0.370 e. The molecule has 0 radical (unpaired) electrons. The molecule has 0 bridgehead atoms. The zero-order valence-corrected chi connectivity index (χ0v) is 17.4. The van der Waals surface area contributed by atoms with Crippen LogP contribution in [0.15, 0.2) is 66.9 Å². The molecule has 1 saturated heterocycles. The predicted octanol–water partition coefficient (Wildman–Crippen LogP) is 4.03. The van der Waals surface area contributed by atoms with Gasteiger partial charge in [0.2, 0.25) is 5.95 Å². The van der Waals surface area contributed by atoms with Crippen LogP contribution in [0.5, 0.6) is 0 Å². The fourth-order valence-electron chi connectivity index (χ4n) is 3.90. The van der Waals surface area contributed by atoms with Gasteiger partial charge < -0.3 is 20.9 Å². The van der Waals surface area contributed by atoms with Crippen molar-refractivity contribution in [1.82, 2.24) is 25.2 Å². The summed E-state index contributed by atoms with van der Waals surface area (Å²) < 4.78 is 0. The highest BCUT2D eigenvalue weighted by Gasteiger charge is 2.09.